The molecule has 0 spiro atoms. The van der Waals surface area contributed by atoms with Gasteiger partial charge >= 0.3 is 11.9 Å². The molecular formula is C24H40O4S. The normalized spacial score (nSPS) is 11.0. The number of aryl methyl sites for hydroxylation is 2. The summed E-state index contributed by atoms with van der Waals surface area (Å²) in [6.07, 6.45) is 19.1. The number of carboxylic acid groups (broad SMARTS) is 2. The summed E-state index contributed by atoms with van der Waals surface area (Å²) in [7, 11) is 0. The van der Waals surface area contributed by atoms with Crippen LogP contribution in [0.2, 0.25) is 0 Å². The highest BCUT2D eigenvalue weighted by atomic mass is 32.1. The lowest BCUT2D eigenvalue weighted by molar-refractivity contribution is -0.138. The van der Waals surface area contributed by atoms with E-state index in [0.29, 0.717) is 12.8 Å². The maximum absolute atomic E-state index is 10.4. The Balaban J connectivity index is 1.91. The lowest BCUT2D eigenvalue weighted by Gasteiger charge is -2.02. The van der Waals surface area contributed by atoms with E-state index in [1.807, 2.05) is 11.3 Å². The minimum absolute atomic E-state index is 0.315. The van der Waals surface area contributed by atoms with Crippen LogP contribution in [0.4, 0.5) is 0 Å². The largest absolute Gasteiger partial charge is 0.481 e. The molecule has 0 radical (unpaired) electrons. The first-order valence-electron chi connectivity index (χ1n) is 11.6. The maximum atomic E-state index is 10.4. The Morgan fingerprint density at radius 1 is 0.552 bits per heavy atom. The van der Waals surface area contributed by atoms with Crippen molar-refractivity contribution in [1.29, 1.82) is 0 Å². The second-order valence-corrected chi connectivity index (χ2v) is 9.36. The highest BCUT2D eigenvalue weighted by molar-refractivity contribution is 7.11. The van der Waals surface area contributed by atoms with Gasteiger partial charge in [0.2, 0.25) is 0 Å². The zero-order valence-electron chi connectivity index (χ0n) is 18.0. The fourth-order valence-electron chi connectivity index (χ4n) is 3.61. The molecular weight excluding hydrogens is 384 g/mol. The Kier molecular flexibility index (Phi) is 15.5. The minimum Gasteiger partial charge on any atom is -0.481 e. The Labute approximate surface area is 180 Å². The van der Waals surface area contributed by atoms with Crippen LogP contribution in [0.15, 0.2) is 12.1 Å². The molecule has 1 aromatic rings. The zero-order chi connectivity index (χ0) is 21.2. The van der Waals surface area contributed by atoms with Gasteiger partial charge < -0.3 is 10.2 Å². The summed E-state index contributed by atoms with van der Waals surface area (Å²) in [5.74, 6) is -1.35. The van der Waals surface area contributed by atoms with Gasteiger partial charge in [-0.1, -0.05) is 64.2 Å². The average Bonchev–Trinajstić information content (AvgIpc) is 3.12. The smallest absolute Gasteiger partial charge is 0.303 e. The molecule has 166 valence electrons. The van der Waals surface area contributed by atoms with Gasteiger partial charge in [-0.25, -0.2) is 0 Å². The van der Waals surface area contributed by atoms with E-state index in [2.05, 4.69) is 12.1 Å². The van der Waals surface area contributed by atoms with Gasteiger partial charge in [0, 0.05) is 22.6 Å². The number of rotatable bonds is 20. The molecule has 1 aromatic heterocycles. The van der Waals surface area contributed by atoms with Gasteiger partial charge in [0.1, 0.15) is 0 Å². The van der Waals surface area contributed by atoms with Crippen molar-refractivity contribution in [1.82, 2.24) is 0 Å². The standard InChI is InChI=1S/C24H40O4S/c25-23(26)17-13-9-5-1-3-7-11-15-21-19-20-22(29-21)16-12-8-4-2-6-10-14-18-24(27)28/h19-20H,1-18H2,(H,25,26)(H,27,28). The van der Waals surface area contributed by atoms with E-state index in [1.165, 1.54) is 86.8 Å². The molecule has 0 fully saturated rings. The van der Waals surface area contributed by atoms with Crippen molar-refractivity contribution in [2.75, 3.05) is 0 Å². The summed E-state index contributed by atoms with van der Waals surface area (Å²) in [5.41, 5.74) is 0. The van der Waals surface area contributed by atoms with Crippen LogP contribution >= 0.6 is 11.3 Å². The first kappa shape index (κ1) is 25.7. The van der Waals surface area contributed by atoms with Gasteiger partial charge in [-0.05, 0) is 50.7 Å². The van der Waals surface area contributed by atoms with E-state index in [1.54, 1.807) is 0 Å². The molecule has 29 heavy (non-hydrogen) atoms. The Bertz CT molecular complexity index is 506. The molecule has 5 heteroatoms. The SMILES string of the molecule is O=C(O)CCCCCCCCCc1ccc(CCCCCCCCCC(=O)O)s1. The van der Waals surface area contributed by atoms with Gasteiger partial charge in [-0.15, -0.1) is 11.3 Å². The molecule has 0 saturated carbocycles. The van der Waals surface area contributed by atoms with Gasteiger partial charge in [0.25, 0.3) is 0 Å². The molecule has 1 rings (SSSR count). The number of hydrogen-bond acceptors (Lipinski definition) is 3. The number of hydrogen-bond donors (Lipinski definition) is 2. The third-order valence-electron chi connectivity index (χ3n) is 5.34. The summed E-state index contributed by atoms with van der Waals surface area (Å²) in [6, 6.07) is 4.60. The van der Waals surface area contributed by atoms with E-state index in [0.717, 1.165) is 25.7 Å². The van der Waals surface area contributed by atoms with Crippen molar-refractivity contribution in [3.63, 3.8) is 0 Å². The molecule has 0 aliphatic carbocycles. The molecule has 1 heterocycles. The summed E-state index contributed by atoms with van der Waals surface area (Å²) in [6.45, 7) is 0. The topological polar surface area (TPSA) is 74.6 Å². The minimum atomic E-state index is -0.676. The van der Waals surface area contributed by atoms with Gasteiger partial charge in [-0.3, -0.25) is 9.59 Å². The summed E-state index contributed by atoms with van der Waals surface area (Å²) in [5, 5.41) is 17.2. The van der Waals surface area contributed by atoms with Crippen LogP contribution in [0.1, 0.15) is 112 Å². The van der Waals surface area contributed by atoms with Gasteiger partial charge in [0.05, 0.1) is 0 Å². The van der Waals surface area contributed by atoms with E-state index in [4.69, 9.17) is 10.2 Å². The fraction of sp³-hybridized carbons (Fsp3) is 0.750. The van der Waals surface area contributed by atoms with Crippen LogP contribution in [0, 0.1) is 0 Å². The van der Waals surface area contributed by atoms with E-state index in [9.17, 15) is 9.59 Å². The molecule has 0 unspecified atom stereocenters. The Morgan fingerprint density at radius 3 is 1.21 bits per heavy atom. The van der Waals surface area contributed by atoms with Crippen molar-refractivity contribution < 1.29 is 19.8 Å². The van der Waals surface area contributed by atoms with Crippen LogP contribution in [0.3, 0.4) is 0 Å². The summed E-state index contributed by atoms with van der Waals surface area (Å²) in [4.78, 5) is 23.9. The molecule has 0 saturated heterocycles. The fourth-order valence-corrected chi connectivity index (χ4v) is 4.71. The number of thiophene rings is 1. The number of carbonyl (C=O) groups is 2. The van der Waals surface area contributed by atoms with Crippen LogP contribution < -0.4 is 0 Å². The Morgan fingerprint density at radius 2 is 0.862 bits per heavy atom. The summed E-state index contributed by atoms with van der Waals surface area (Å²) >= 11 is 1.98. The lowest BCUT2D eigenvalue weighted by Crippen LogP contribution is -1.93. The number of aliphatic carboxylic acids is 2. The third kappa shape index (κ3) is 16.2. The van der Waals surface area contributed by atoms with Crippen molar-refractivity contribution in [3.05, 3.63) is 21.9 Å². The molecule has 0 aliphatic rings. The molecule has 0 aliphatic heterocycles. The number of unbranched alkanes of at least 4 members (excludes halogenated alkanes) is 12. The molecule has 2 N–H and O–H groups in total. The van der Waals surface area contributed by atoms with Gasteiger partial charge in [-0.2, -0.15) is 0 Å². The van der Waals surface area contributed by atoms with E-state index < -0.39 is 11.9 Å². The highest BCUT2D eigenvalue weighted by Crippen LogP contribution is 2.22. The zero-order valence-corrected chi connectivity index (χ0v) is 18.8. The second-order valence-electron chi connectivity index (χ2n) is 8.11. The second kappa shape index (κ2) is 17.5. The van der Waals surface area contributed by atoms with Crippen molar-refractivity contribution >= 4 is 23.3 Å². The predicted octanol–water partition coefficient (Wildman–Crippen LogP) is 7.24. The monoisotopic (exact) mass is 424 g/mol. The van der Waals surface area contributed by atoms with E-state index in [-0.39, 0.29) is 0 Å². The van der Waals surface area contributed by atoms with Crippen molar-refractivity contribution in [2.24, 2.45) is 0 Å². The number of carboxylic acids is 2. The van der Waals surface area contributed by atoms with Crippen molar-refractivity contribution in [3.8, 4) is 0 Å². The third-order valence-corrected chi connectivity index (χ3v) is 6.55. The van der Waals surface area contributed by atoms with E-state index >= 15 is 0 Å². The molecule has 0 aromatic carbocycles. The maximum Gasteiger partial charge on any atom is 0.303 e. The van der Waals surface area contributed by atoms with Crippen LogP contribution in [0.25, 0.3) is 0 Å². The first-order chi connectivity index (χ1) is 14.1. The summed E-state index contributed by atoms with van der Waals surface area (Å²) < 4.78 is 0. The van der Waals surface area contributed by atoms with Crippen LogP contribution in [-0.2, 0) is 22.4 Å². The molecule has 4 nitrogen and oxygen atoms in total. The Hall–Kier alpha value is -1.36. The molecule has 0 atom stereocenters. The van der Waals surface area contributed by atoms with Crippen LogP contribution in [0.5, 0.6) is 0 Å². The average molecular weight is 425 g/mol. The molecule has 0 bridgehead atoms. The van der Waals surface area contributed by atoms with Gasteiger partial charge in [0.15, 0.2) is 0 Å². The predicted molar refractivity (Wildman–Crippen MR) is 121 cm³/mol. The van der Waals surface area contributed by atoms with Crippen molar-refractivity contribution in [2.45, 2.75) is 116 Å². The highest BCUT2D eigenvalue weighted by Gasteiger charge is 2.02. The lowest BCUT2D eigenvalue weighted by atomic mass is 10.1. The quantitative estimate of drug-likeness (QED) is 0.216. The first-order valence-corrected chi connectivity index (χ1v) is 12.4. The molecule has 0 amide bonds. The van der Waals surface area contributed by atoms with Crippen LogP contribution in [-0.4, -0.2) is 22.2 Å².